The molecule has 1 aliphatic heterocycles. The summed E-state index contributed by atoms with van der Waals surface area (Å²) in [6.45, 7) is 1.22. The monoisotopic (exact) mass is 355 g/mol. The van der Waals surface area contributed by atoms with Gasteiger partial charge in [0.1, 0.15) is 0 Å². The summed E-state index contributed by atoms with van der Waals surface area (Å²) in [6.07, 6.45) is 6.09. The van der Waals surface area contributed by atoms with E-state index in [1.165, 1.54) is 0 Å². The molecule has 5 rings (SSSR count). The smallest absolute Gasteiger partial charge is 0.254 e. The van der Waals surface area contributed by atoms with Crippen molar-refractivity contribution in [2.24, 2.45) is 0 Å². The molecular formula is C21H17N5O. The molecule has 0 fully saturated rings. The molecule has 6 heteroatoms. The van der Waals surface area contributed by atoms with Crippen LogP contribution in [0, 0.1) is 0 Å². The highest BCUT2D eigenvalue weighted by Crippen LogP contribution is 2.23. The molecule has 132 valence electrons. The molecular weight excluding hydrogens is 338 g/mol. The van der Waals surface area contributed by atoms with E-state index in [4.69, 9.17) is 0 Å². The van der Waals surface area contributed by atoms with Crippen molar-refractivity contribution in [1.29, 1.82) is 0 Å². The maximum absolute atomic E-state index is 13.1. The molecule has 4 heterocycles. The maximum Gasteiger partial charge on any atom is 0.254 e. The molecule has 1 aromatic carbocycles. The van der Waals surface area contributed by atoms with Gasteiger partial charge in [-0.2, -0.15) is 5.10 Å². The highest BCUT2D eigenvalue weighted by molar-refractivity contribution is 5.95. The Balaban J connectivity index is 1.44. The predicted octanol–water partition coefficient (Wildman–Crippen LogP) is 3.01. The molecule has 0 aliphatic carbocycles. The zero-order chi connectivity index (χ0) is 18.2. The molecule has 0 atom stereocenters. The Kier molecular flexibility index (Phi) is 3.67. The maximum atomic E-state index is 13.1. The van der Waals surface area contributed by atoms with Gasteiger partial charge in [-0.25, -0.2) is 14.6 Å². The number of carbonyl (C=O) groups is 1. The molecule has 0 saturated heterocycles. The van der Waals surface area contributed by atoms with E-state index in [0.29, 0.717) is 18.7 Å². The van der Waals surface area contributed by atoms with Crippen LogP contribution in [0.25, 0.3) is 16.7 Å². The predicted molar refractivity (Wildman–Crippen MR) is 102 cm³/mol. The van der Waals surface area contributed by atoms with Crippen LogP contribution < -0.4 is 0 Å². The van der Waals surface area contributed by atoms with Crippen LogP contribution in [0.15, 0.2) is 67.1 Å². The largest absolute Gasteiger partial charge is 0.334 e. The van der Waals surface area contributed by atoms with E-state index in [0.717, 1.165) is 34.4 Å². The molecule has 3 aromatic heterocycles. The molecule has 0 spiro atoms. The van der Waals surface area contributed by atoms with Crippen LogP contribution >= 0.6 is 0 Å². The summed E-state index contributed by atoms with van der Waals surface area (Å²) in [5.74, 6) is 0.0286. The second-order valence-corrected chi connectivity index (χ2v) is 6.62. The second-order valence-electron chi connectivity index (χ2n) is 6.62. The van der Waals surface area contributed by atoms with Crippen LogP contribution in [0.1, 0.15) is 21.6 Å². The van der Waals surface area contributed by atoms with Gasteiger partial charge in [0.25, 0.3) is 5.91 Å². The Hall–Kier alpha value is -3.54. The van der Waals surface area contributed by atoms with E-state index in [2.05, 4.69) is 21.1 Å². The minimum absolute atomic E-state index is 0.0286. The number of aromatic nitrogens is 4. The SMILES string of the molecule is O=C(c1cccc(-n2cccn2)c1)N1CCc2nc3ncccc3cc2C1. The molecule has 1 amide bonds. The van der Waals surface area contributed by atoms with Crippen LogP contribution in [-0.2, 0) is 13.0 Å². The van der Waals surface area contributed by atoms with E-state index in [-0.39, 0.29) is 5.91 Å². The Bertz CT molecular complexity index is 1140. The van der Waals surface area contributed by atoms with Crippen molar-refractivity contribution in [3.05, 3.63) is 83.9 Å². The fraction of sp³-hybridized carbons (Fsp3) is 0.143. The first-order chi connectivity index (χ1) is 13.3. The second kappa shape index (κ2) is 6.32. The molecule has 27 heavy (non-hydrogen) atoms. The highest BCUT2D eigenvalue weighted by Gasteiger charge is 2.23. The van der Waals surface area contributed by atoms with Crippen molar-refractivity contribution in [2.75, 3.05) is 6.54 Å². The molecule has 0 bridgehead atoms. The van der Waals surface area contributed by atoms with Crippen molar-refractivity contribution in [3.8, 4) is 5.69 Å². The molecule has 0 N–H and O–H groups in total. The number of pyridine rings is 2. The lowest BCUT2D eigenvalue weighted by Gasteiger charge is -2.28. The van der Waals surface area contributed by atoms with Gasteiger partial charge in [-0.05, 0) is 48.0 Å². The minimum Gasteiger partial charge on any atom is -0.334 e. The first kappa shape index (κ1) is 15.7. The standard InChI is InChI=1S/C21H17N5O/c27-21(16-4-1-6-18(13-16)26-10-3-9-23-26)25-11-7-19-17(14-25)12-15-5-2-8-22-20(15)24-19/h1-6,8-10,12-13H,7,11,14H2. The summed E-state index contributed by atoms with van der Waals surface area (Å²) in [5, 5.41) is 5.24. The molecule has 4 aromatic rings. The van der Waals surface area contributed by atoms with E-state index in [9.17, 15) is 4.79 Å². The summed E-state index contributed by atoms with van der Waals surface area (Å²) >= 11 is 0. The number of amides is 1. The summed E-state index contributed by atoms with van der Waals surface area (Å²) < 4.78 is 1.76. The van der Waals surface area contributed by atoms with Crippen molar-refractivity contribution < 1.29 is 4.79 Å². The summed E-state index contributed by atoms with van der Waals surface area (Å²) in [4.78, 5) is 23.9. The Morgan fingerprint density at radius 3 is 2.89 bits per heavy atom. The first-order valence-electron chi connectivity index (χ1n) is 8.91. The van der Waals surface area contributed by atoms with Crippen LogP contribution in [-0.4, -0.2) is 37.1 Å². The van der Waals surface area contributed by atoms with Gasteiger partial charge in [0.15, 0.2) is 5.65 Å². The van der Waals surface area contributed by atoms with Gasteiger partial charge in [-0.3, -0.25) is 4.79 Å². The molecule has 0 unspecified atom stereocenters. The van der Waals surface area contributed by atoms with Gasteiger partial charge in [0, 0.05) is 54.7 Å². The quantitative estimate of drug-likeness (QED) is 0.554. The Morgan fingerprint density at radius 2 is 2.00 bits per heavy atom. The third-order valence-electron chi connectivity index (χ3n) is 4.89. The lowest BCUT2D eigenvalue weighted by atomic mass is 10.0. The fourth-order valence-corrected chi connectivity index (χ4v) is 3.52. The van der Waals surface area contributed by atoms with E-state index >= 15 is 0 Å². The number of carbonyl (C=O) groups excluding carboxylic acids is 1. The van der Waals surface area contributed by atoms with Gasteiger partial charge in [-0.15, -0.1) is 0 Å². The average Bonchev–Trinajstić information content (AvgIpc) is 3.26. The number of benzene rings is 1. The van der Waals surface area contributed by atoms with Gasteiger partial charge < -0.3 is 4.90 Å². The number of fused-ring (bicyclic) bond motifs is 2. The van der Waals surface area contributed by atoms with Crippen LogP contribution in [0.5, 0.6) is 0 Å². The van der Waals surface area contributed by atoms with Crippen molar-refractivity contribution in [1.82, 2.24) is 24.6 Å². The topological polar surface area (TPSA) is 63.9 Å². The van der Waals surface area contributed by atoms with Gasteiger partial charge in [-0.1, -0.05) is 6.07 Å². The molecule has 1 aliphatic rings. The summed E-state index contributed by atoms with van der Waals surface area (Å²) in [7, 11) is 0. The van der Waals surface area contributed by atoms with Gasteiger partial charge in [0.2, 0.25) is 0 Å². The number of nitrogens with zero attached hydrogens (tertiary/aromatic N) is 5. The third-order valence-corrected chi connectivity index (χ3v) is 4.89. The summed E-state index contributed by atoms with van der Waals surface area (Å²) in [6, 6.07) is 15.4. The fourth-order valence-electron chi connectivity index (χ4n) is 3.52. The lowest BCUT2D eigenvalue weighted by molar-refractivity contribution is 0.0733. The van der Waals surface area contributed by atoms with E-state index < -0.39 is 0 Å². The van der Waals surface area contributed by atoms with Crippen LogP contribution in [0.2, 0.25) is 0 Å². The van der Waals surface area contributed by atoms with Crippen LogP contribution in [0.4, 0.5) is 0 Å². The zero-order valence-electron chi connectivity index (χ0n) is 14.6. The van der Waals surface area contributed by atoms with Crippen LogP contribution in [0.3, 0.4) is 0 Å². The number of hydrogen-bond acceptors (Lipinski definition) is 4. The average molecular weight is 355 g/mol. The van der Waals surface area contributed by atoms with Crippen molar-refractivity contribution >= 4 is 16.9 Å². The Morgan fingerprint density at radius 1 is 1.04 bits per heavy atom. The van der Waals surface area contributed by atoms with E-state index in [1.807, 2.05) is 53.6 Å². The van der Waals surface area contributed by atoms with Crippen molar-refractivity contribution in [2.45, 2.75) is 13.0 Å². The zero-order valence-corrected chi connectivity index (χ0v) is 14.6. The Labute approximate surface area is 156 Å². The third kappa shape index (κ3) is 2.85. The first-order valence-corrected chi connectivity index (χ1v) is 8.91. The van der Waals surface area contributed by atoms with Gasteiger partial charge >= 0.3 is 0 Å². The summed E-state index contributed by atoms with van der Waals surface area (Å²) in [5.41, 5.74) is 4.45. The molecule has 0 radical (unpaired) electrons. The normalized spacial score (nSPS) is 13.6. The number of rotatable bonds is 2. The van der Waals surface area contributed by atoms with Crippen molar-refractivity contribution in [3.63, 3.8) is 0 Å². The number of hydrogen-bond donors (Lipinski definition) is 0. The highest BCUT2D eigenvalue weighted by atomic mass is 16.2. The van der Waals surface area contributed by atoms with Gasteiger partial charge in [0.05, 0.1) is 5.69 Å². The molecule has 0 saturated carbocycles. The molecule has 6 nitrogen and oxygen atoms in total. The van der Waals surface area contributed by atoms with E-state index in [1.54, 1.807) is 17.1 Å². The lowest BCUT2D eigenvalue weighted by Crippen LogP contribution is -2.36. The minimum atomic E-state index is 0.0286.